The Labute approximate surface area is 225 Å². The van der Waals surface area contributed by atoms with Crippen LogP contribution in [0.25, 0.3) is 32.7 Å². The second-order valence-electron chi connectivity index (χ2n) is 8.25. The maximum atomic E-state index is 6.60. The van der Waals surface area contributed by atoms with Crippen LogP contribution in [0.4, 0.5) is 0 Å². The normalized spacial score (nSPS) is 16.6. The van der Waals surface area contributed by atoms with Crippen LogP contribution >= 0.6 is 8.01 Å². The number of fused-ring (bicyclic) bond motifs is 5. The average Bonchev–Trinajstić information content (AvgIpc) is 3.63. The van der Waals surface area contributed by atoms with Crippen LogP contribution in [0, 0.1) is 62.9 Å². The van der Waals surface area contributed by atoms with Crippen LogP contribution in [-0.4, -0.2) is 0 Å². The topological polar surface area (TPSA) is 26.3 Å². The Kier molecular flexibility index (Phi) is 8.22. The predicted octanol–water partition coefficient (Wildman–Crippen LogP) is 9.09. The molecule has 1 unspecified atom stereocenters. The Morgan fingerprint density at radius 3 is 1.92 bits per heavy atom. The van der Waals surface area contributed by atoms with Gasteiger partial charge in [0.25, 0.3) is 0 Å². The molecule has 1 heterocycles. The van der Waals surface area contributed by atoms with E-state index in [0.29, 0.717) is 0 Å². The Hall–Kier alpha value is -2.44. The van der Waals surface area contributed by atoms with Gasteiger partial charge in [-0.3, -0.25) is 0 Å². The molecule has 36 heavy (non-hydrogen) atoms. The summed E-state index contributed by atoms with van der Waals surface area (Å²) < 4.78 is 13.1. The number of para-hydroxylation sites is 1. The standard InChI is InChI=1S/C27H18O2P.C5H5.Fe/c1-2-9-19(10-3-1)21-14-8-16-26(21)30-28-24-15-7-6-13-23(24)27-22-12-5-4-11-20(22)17-18-25(27)29-30;1-2-4-5-3-1;/h1-18H;1-5H;/q;;+2. The van der Waals surface area contributed by atoms with Gasteiger partial charge in [0.05, 0.1) is 0 Å². The minimum absolute atomic E-state index is 0. The first-order valence-electron chi connectivity index (χ1n) is 11.6. The number of hydrogen-bond acceptors (Lipinski definition) is 2. The first kappa shape index (κ1) is 25.2. The van der Waals surface area contributed by atoms with Gasteiger partial charge in [-0.05, 0) is 79.8 Å². The van der Waals surface area contributed by atoms with Crippen molar-refractivity contribution in [2.45, 2.75) is 0 Å². The number of rotatable bonds is 2. The van der Waals surface area contributed by atoms with E-state index >= 15 is 0 Å². The third-order valence-corrected chi connectivity index (χ3v) is 7.55. The largest absolute Gasteiger partial charge is 2.00 e. The maximum Gasteiger partial charge on any atom is 2.00 e. The van der Waals surface area contributed by atoms with Crippen molar-refractivity contribution in [3.63, 3.8) is 0 Å². The van der Waals surface area contributed by atoms with Gasteiger partial charge < -0.3 is 8.39 Å². The molecule has 0 spiro atoms. The summed E-state index contributed by atoms with van der Waals surface area (Å²) in [6.45, 7) is 0. The van der Waals surface area contributed by atoms with Crippen molar-refractivity contribution in [3.8, 4) is 0 Å². The summed E-state index contributed by atoms with van der Waals surface area (Å²) in [6.07, 6.45) is 16.3. The van der Waals surface area contributed by atoms with Gasteiger partial charge in [0.15, 0.2) is 0 Å². The summed E-state index contributed by atoms with van der Waals surface area (Å²) in [5, 5.41) is 4.54. The molecule has 4 aromatic carbocycles. The molecule has 2 saturated carbocycles. The molecular weight excluding hydrogens is 503 g/mol. The van der Waals surface area contributed by atoms with E-state index in [1.165, 1.54) is 16.3 Å². The van der Waals surface area contributed by atoms with E-state index in [2.05, 4.69) is 92.1 Å². The van der Waals surface area contributed by atoms with Crippen LogP contribution in [0.5, 0.6) is 0 Å². The molecule has 0 amide bonds. The Balaban J connectivity index is 0.000000400. The van der Waals surface area contributed by atoms with Crippen LogP contribution in [0.15, 0.2) is 99.4 Å². The van der Waals surface area contributed by atoms with Crippen molar-refractivity contribution in [1.29, 1.82) is 0 Å². The third kappa shape index (κ3) is 5.16. The molecule has 10 radical (unpaired) electrons. The smallest absolute Gasteiger partial charge is 0.419 e. The molecule has 7 rings (SSSR count). The van der Waals surface area contributed by atoms with E-state index in [4.69, 9.17) is 8.39 Å². The number of benzene rings is 4. The maximum absolute atomic E-state index is 6.60. The van der Waals surface area contributed by atoms with Crippen molar-refractivity contribution in [3.05, 3.63) is 160 Å². The third-order valence-electron chi connectivity index (χ3n) is 6.04. The van der Waals surface area contributed by atoms with Gasteiger partial charge in [-0.15, -0.1) is 0 Å². The summed E-state index contributed by atoms with van der Waals surface area (Å²) in [5.41, 5.74) is 3.99. The summed E-state index contributed by atoms with van der Waals surface area (Å²) in [4.78, 5) is 0. The molecule has 1 aromatic heterocycles. The zero-order valence-corrected chi connectivity index (χ0v) is 21.4. The van der Waals surface area contributed by atoms with Crippen molar-refractivity contribution < 1.29 is 25.5 Å². The molecular formula is C32H23FeO2P+2. The van der Waals surface area contributed by atoms with Gasteiger partial charge >= 0.3 is 17.1 Å². The van der Waals surface area contributed by atoms with Crippen molar-refractivity contribution in [2.75, 3.05) is 0 Å². The molecule has 0 bridgehead atoms. The molecule has 5 aromatic rings. The molecule has 4 heteroatoms. The molecule has 2 aliphatic carbocycles. The van der Waals surface area contributed by atoms with Crippen molar-refractivity contribution in [1.82, 2.24) is 0 Å². The second-order valence-corrected chi connectivity index (χ2v) is 9.61. The monoisotopic (exact) mass is 526 g/mol. The molecule has 0 aliphatic heterocycles. The average molecular weight is 526 g/mol. The first-order valence-corrected chi connectivity index (χ1v) is 12.8. The minimum Gasteiger partial charge on any atom is -0.419 e. The Bertz CT molecular complexity index is 1470. The summed E-state index contributed by atoms with van der Waals surface area (Å²) in [7, 11) is -1.33. The fraction of sp³-hybridized carbons (Fsp3) is 0. The van der Waals surface area contributed by atoms with E-state index in [1.54, 1.807) is 0 Å². The molecule has 1 atom stereocenters. The zero-order chi connectivity index (χ0) is 23.5. The van der Waals surface area contributed by atoms with Gasteiger partial charge in [-0.25, -0.2) is 0 Å². The molecule has 0 saturated heterocycles. The van der Waals surface area contributed by atoms with Crippen molar-refractivity contribution >= 4 is 40.7 Å². The summed E-state index contributed by atoms with van der Waals surface area (Å²) >= 11 is 0. The van der Waals surface area contributed by atoms with E-state index < -0.39 is 8.01 Å². The molecule has 174 valence electrons. The van der Waals surface area contributed by atoms with Crippen LogP contribution in [0.1, 0.15) is 5.56 Å². The quantitative estimate of drug-likeness (QED) is 0.215. The van der Waals surface area contributed by atoms with Gasteiger partial charge in [0.1, 0.15) is 16.8 Å². The first-order chi connectivity index (χ1) is 17.4. The summed E-state index contributed by atoms with van der Waals surface area (Å²) in [5.74, 6) is 1.16. The molecule has 2 nitrogen and oxygen atoms in total. The Morgan fingerprint density at radius 1 is 0.500 bits per heavy atom. The van der Waals surface area contributed by atoms with Gasteiger partial charge in [0.2, 0.25) is 8.01 Å². The van der Waals surface area contributed by atoms with E-state index in [0.717, 1.165) is 33.5 Å². The van der Waals surface area contributed by atoms with Crippen LogP contribution < -0.4 is 0 Å². The predicted molar refractivity (Wildman–Crippen MR) is 146 cm³/mol. The SMILES string of the molecule is [CH]1[CH][CH][CH][CH]1.[CH]1[CH][C](c2ccccc2)[C](p2oc3ccccc3c3c(ccc4ccccc43)o2)[CH]1.[Fe+2]. The second kappa shape index (κ2) is 11.7. The van der Waals surface area contributed by atoms with Gasteiger partial charge in [0, 0.05) is 16.7 Å². The van der Waals surface area contributed by atoms with Crippen LogP contribution in [0.2, 0.25) is 0 Å². The van der Waals surface area contributed by atoms with E-state index in [1.807, 2.05) is 50.3 Å². The summed E-state index contributed by atoms with van der Waals surface area (Å²) in [6, 6.07) is 31.3. The van der Waals surface area contributed by atoms with E-state index in [9.17, 15) is 0 Å². The van der Waals surface area contributed by atoms with Crippen molar-refractivity contribution in [2.24, 2.45) is 0 Å². The fourth-order valence-corrected chi connectivity index (χ4v) is 5.92. The van der Waals surface area contributed by atoms with Gasteiger partial charge in [-0.1, -0.05) is 78.9 Å². The molecule has 2 aliphatic rings. The molecule has 0 N–H and O–H groups in total. The van der Waals surface area contributed by atoms with Crippen LogP contribution in [-0.2, 0) is 17.1 Å². The Morgan fingerprint density at radius 2 is 1.14 bits per heavy atom. The van der Waals surface area contributed by atoms with E-state index in [-0.39, 0.29) is 17.1 Å². The van der Waals surface area contributed by atoms with Gasteiger partial charge in [-0.2, -0.15) is 0 Å². The number of hydrogen-bond donors (Lipinski definition) is 0. The zero-order valence-electron chi connectivity index (χ0n) is 19.4. The van der Waals surface area contributed by atoms with Crippen LogP contribution in [0.3, 0.4) is 0 Å². The fourth-order valence-electron chi connectivity index (χ4n) is 4.41. The molecule has 2 fully saturated rings. The minimum atomic E-state index is -1.33.